The summed E-state index contributed by atoms with van der Waals surface area (Å²) in [4.78, 5) is 102. The number of aliphatic hydroxyl groups is 2. The minimum absolute atomic E-state index is 0.0306. The lowest BCUT2D eigenvalue weighted by atomic mass is 10.2. The number of anilines is 7. The van der Waals surface area contributed by atoms with E-state index in [-0.39, 0.29) is 119 Å². The fourth-order valence-corrected chi connectivity index (χ4v) is 24.2. The Morgan fingerprint density at radius 3 is 0.761 bits per heavy atom. The molecule has 11 aromatic rings. The van der Waals surface area contributed by atoms with E-state index in [1.807, 2.05) is 0 Å². The molecule has 744 valence electrons. The maximum Gasteiger partial charge on any atom is 0.351 e. The zero-order valence-corrected chi connectivity index (χ0v) is 79.4. The molecule has 7 aliphatic rings. The lowest BCUT2D eigenvalue weighted by Crippen LogP contribution is -2.32. The zero-order chi connectivity index (χ0) is 97.4. The highest BCUT2D eigenvalue weighted by molar-refractivity contribution is 7.54. The predicted octanol–water partition coefficient (Wildman–Crippen LogP) is 2.91. The van der Waals surface area contributed by atoms with Crippen molar-refractivity contribution in [2.45, 2.75) is 174 Å². The lowest BCUT2D eigenvalue weighted by Gasteiger charge is -2.28. The van der Waals surface area contributed by atoms with Crippen molar-refractivity contribution >= 4 is 131 Å². The standard InChI is InChI=1S/C73H97N29O30P6/c1-133(108,114-21-43-35(104)13-52(121-43)99-31-89-59-63(77)81-27-85-67(59)99)128-37-15-54(97-11-8-50(75)94-72(97)106)123-45(37)23-116-136(4,111)130-39-17-56(100-32-90-60-64(78)82-28-86-68(60)100)125-47(39)25-118-138(6,113)132-41-19-58(102-34-92-62-66(80)84-30-88-70(62)102)126-48(41)26-119-137(5,112)131-40-18-57(101-33-91-61-65(79)83-29-87-69(61)101)124-46(40)24-117-135(3,110)129-38-16-55(98-12-9-51(76)95-73(98)107)122-44(38)22-115-134(2,109)127-36-14-53(120-42(36)20-103)96-10-7-49(74)93-71(96)105/h7-12,27-48,52-58,103-104H,13-26H2,1-6H3,(H2,74,93,105)(H2,75,94,106)(H2,76,95,107)(H2,77,81,85)(H2,78,82,86)(H2,79,83,87)(H2,80,84,88)/t35-,36-,37-,38-,39-,40-,41-,42+,43+,44+,45+,46+,47+,48+,52+,53+,54+,55+,56+,57+,58+,133+,134+,135+,136+,137+,138-/m0/s1. The molecule has 0 aromatic carbocycles. The van der Waals surface area contributed by atoms with Crippen molar-refractivity contribution < 1.29 is 125 Å². The minimum Gasteiger partial charge on any atom is -0.394 e. The molecule has 0 spiro atoms. The van der Waals surface area contributed by atoms with Crippen LogP contribution in [0.5, 0.6) is 0 Å². The molecule has 0 radical (unpaired) electrons. The summed E-state index contributed by atoms with van der Waals surface area (Å²) in [6.07, 6.45) is -10.8. The van der Waals surface area contributed by atoms with Crippen molar-refractivity contribution in [3.8, 4) is 0 Å². The van der Waals surface area contributed by atoms with Gasteiger partial charge in [-0.25, -0.2) is 74.2 Å². The molecule has 7 fully saturated rings. The maximum absolute atomic E-state index is 15.3. The highest BCUT2D eigenvalue weighted by atomic mass is 31.2. The Morgan fingerprint density at radius 2 is 0.522 bits per heavy atom. The molecular weight excluding hydrogens is 1950 g/mol. The number of aliphatic hydroxyl groups excluding tert-OH is 2. The molecule has 0 amide bonds. The van der Waals surface area contributed by atoms with Crippen LogP contribution in [0, 0.1) is 0 Å². The molecule has 0 bridgehead atoms. The monoisotopic (exact) mass is 2050 g/mol. The summed E-state index contributed by atoms with van der Waals surface area (Å²) >= 11 is 0. The van der Waals surface area contributed by atoms with Crippen LogP contribution in [0.4, 0.5) is 40.7 Å². The number of nitrogen functional groups attached to an aromatic ring is 7. The average Bonchev–Trinajstić information content (AvgIpc) is 1.65. The first-order valence-corrected chi connectivity index (χ1v) is 54.6. The van der Waals surface area contributed by atoms with Gasteiger partial charge in [0.25, 0.3) is 0 Å². The van der Waals surface area contributed by atoms with E-state index in [0.29, 0.717) is 11.2 Å². The van der Waals surface area contributed by atoms with Gasteiger partial charge in [0.2, 0.25) is 0 Å². The van der Waals surface area contributed by atoms with Gasteiger partial charge in [0.15, 0.2) is 45.9 Å². The largest absolute Gasteiger partial charge is 0.394 e. The third-order valence-electron chi connectivity index (χ3n) is 23.5. The molecule has 65 heteroatoms. The Balaban J connectivity index is 0.554. The molecule has 18 heterocycles. The Labute approximate surface area is 778 Å². The van der Waals surface area contributed by atoms with Crippen molar-refractivity contribution in [3.63, 3.8) is 0 Å². The van der Waals surface area contributed by atoms with Crippen LogP contribution in [0.2, 0.25) is 0 Å². The molecule has 18 rings (SSSR count). The van der Waals surface area contributed by atoms with Gasteiger partial charge in [-0.15, -0.1) is 0 Å². The van der Waals surface area contributed by atoms with E-state index in [9.17, 15) is 38.3 Å². The first-order chi connectivity index (χ1) is 65.6. The van der Waals surface area contributed by atoms with Gasteiger partial charge in [-0.2, -0.15) is 15.0 Å². The van der Waals surface area contributed by atoms with E-state index >= 15 is 13.7 Å². The van der Waals surface area contributed by atoms with Crippen molar-refractivity contribution in [2.75, 3.05) is 126 Å². The second-order valence-electron chi connectivity index (χ2n) is 33.5. The summed E-state index contributed by atoms with van der Waals surface area (Å²) in [5, 5.41) is 21.5. The van der Waals surface area contributed by atoms with Crippen molar-refractivity contribution in [3.05, 3.63) is 119 Å². The fraction of sp³-hybridized carbons (Fsp3) is 0.562. The number of ether oxygens (including phenoxy) is 7. The lowest BCUT2D eigenvalue weighted by molar-refractivity contribution is -0.0555. The number of rotatable bonds is 38. The van der Waals surface area contributed by atoms with Gasteiger partial charge in [-0.1, -0.05) is 0 Å². The quantitative estimate of drug-likeness (QED) is 0.0251. The normalized spacial score (nSPS) is 30.0. The SMILES string of the molecule is C[P@](=O)(OC[C@H]1O[C@@H](n2cnc3c(N)ncnc32)C[C@@H]1O[P@](C)(=O)OC[C@H]1O[C@@H](n2ccc(N)nc2=O)C[C@@H]1O[P@](C)(=O)OC[C@H]1O[C@@H](n2cnc3c(N)ncnc32)C[C@@H]1O)O[C@H]1C[C@H](n2cnc3c(N)ncnc32)O[C@@H]1CO[P@@](C)(=O)O[C@H]1C[C@H](n2cnc3c(N)ncnc32)O[C@@H]1CO[P@@](C)(=O)O[C@H]1C[C@H](n2ccc(N)nc2=O)O[C@@H]1CO[P@@](C)(=O)O[C@H]1C[C@H](n2ccc(N)nc2=O)O[C@@H]1CO. The summed E-state index contributed by atoms with van der Waals surface area (Å²) in [5.41, 5.74) is 41.6. The summed E-state index contributed by atoms with van der Waals surface area (Å²) in [6.45, 7) is 2.84. The van der Waals surface area contributed by atoms with Crippen LogP contribution in [-0.2, 0) is 115 Å². The first-order valence-electron chi connectivity index (χ1n) is 42.7. The highest BCUT2D eigenvalue weighted by Crippen LogP contribution is 2.58. The van der Waals surface area contributed by atoms with Gasteiger partial charge in [0, 0.05) is 104 Å². The van der Waals surface area contributed by atoms with E-state index in [1.165, 1.54) is 108 Å². The molecule has 138 heavy (non-hydrogen) atoms. The average molecular weight is 2050 g/mol. The minimum atomic E-state index is -4.45. The molecule has 59 nitrogen and oxygen atoms in total. The van der Waals surface area contributed by atoms with Gasteiger partial charge >= 0.3 is 62.6 Å². The number of hydrogen-bond donors (Lipinski definition) is 9. The van der Waals surface area contributed by atoms with Gasteiger partial charge in [0.1, 0.15) is 151 Å². The van der Waals surface area contributed by atoms with Crippen molar-refractivity contribution in [1.82, 2.24) is 107 Å². The predicted molar refractivity (Wildman–Crippen MR) is 477 cm³/mol. The molecule has 0 unspecified atom stereocenters. The van der Waals surface area contributed by atoms with E-state index < -0.39 is 238 Å². The van der Waals surface area contributed by atoms with Crippen LogP contribution in [0.25, 0.3) is 44.7 Å². The summed E-state index contributed by atoms with van der Waals surface area (Å²) in [6, 6.07) is 4.07. The first kappa shape index (κ1) is 98.2. The van der Waals surface area contributed by atoms with Crippen LogP contribution in [0.1, 0.15) is 88.5 Å². The van der Waals surface area contributed by atoms with Gasteiger partial charge in [-0.05, 0) is 18.2 Å². The smallest absolute Gasteiger partial charge is 0.351 e. The molecular formula is C73H97N29O30P6. The molecule has 11 aromatic heterocycles. The molecule has 0 aliphatic carbocycles. The van der Waals surface area contributed by atoms with Crippen molar-refractivity contribution in [2.24, 2.45) is 0 Å². The molecule has 16 N–H and O–H groups in total. The van der Waals surface area contributed by atoms with Crippen LogP contribution >= 0.6 is 45.6 Å². The Bertz CT molecular complexity index is 6860. The molecule has 0 saturated carbocycles. The van der Waals surface area contributed by atoms with Crippen LogP contribution in [-0.4, -0.2) is 289 Å². The number of nitrogens with zero attached hydrogens (tertiary/aromatic N) is 22. The zero-order valence-electron chi connectivity index (χ0n) is 74.0. The van der Waals surface area contributed by atoms with Gasteiger partial charge in [-0.3, -0.25) is 59.4 Å². The number of aromatic nitrogens is 22. The van der Waals surface area contributed by atoms with E-state index in [2.05, 4.69) is 74.8 Å². The summed E-state index contributed by atoms with van der Waals surface area (Å²) < 4.78 is 217. The maximum atomic E-state index is 15.3. The highest BCUT2D eigenvalue weighted by Gasteiger charge is 2.52. The van der Waals surface area contributed by atoms with Crippen LogP contribution in [0.3, 0.4) is 0 Å². The third-order valence-corrected chi connectivity index (χ3v) is 31.2. The van der Waals surface area contributed by atoms with E-state index in [4.69, 9.17) is 128 Å². The fourth-order valence-electron chi connectivity index (χ4n) is 17.0. The number of fused-ring (bicyclic) bond motifs is 4. The van der Waals surface area contributed by atoms with Crippen LogP contribution in [0.15, 0.2) is 102 Å². The van der Waals surface area contributed by atoms with Gasteiger partial charge in [0.05, 0.1) is 114 Å². The van der Waals surface area contributed by atoms with Gasteiger partial charge < -0.3 is 138 Å². The van der Waals surface area contributed by atoms with Crippen LogP contribution < -0.4 is 57.2 Å². The van der Waals surface area contributed by atoms with E-state index in [1.54, 1.807) is 4.57 Å². The summed E-state index contributed by atoms with van der Waals surface area (Å²) in [7, 11) is -26.1. The summed E-state index contributed by atoms with van der Waals surface area (Å²) in [5.74, 6) is 0.00159. The number of imidazole rings is 4. The Hall–Kier alpha value is -10.0. The topological polar surface area (TPSA) is 779 Å². The Morgan fingerprint density at radius 1 is 0.312 bits per heavy atom. The second kappa shape index (κ2) is 39.5. The van der Waals surface area contributed by atoms with Crippen molar-refractivity contribution in [1.29, 1.82) is 0 Å². The Kier molecular flexibility index (Phi) is 28.1. The molecule has 7 aliphatic heterocycles. The third kappa shape index (κ3) is 21.7. The molecule has 7 saturated heterocycles. The van der Waals surface area contributed by atoms with E-state index in [0.717, 1.165) is 47.0 Å². The second-order valence-corrected chi connectivity index (χ2v) is 45.6. The number of nitrogens with two attached hydrogens (primary N) is 7. The molecule has 27 atom stereocenters. The number of hydrogen-bond acceptors (Lipinski definition) is 52.